The number of amides is 1. The first-order valence-corrected chi connectivity index (χ1v) is 8.66. The van der Waals surface area contributed by atoms with E-state index in [4.69, 9.17) is 10.5 Å². The lowest BCUT2D eigenvalue weighted by molar-refractivity contribution is 0.0922. The highest BCUT2D eigenvalue weighted by Gasteiger charge is 2.11. The molecule has 0 fully saturated rings. The topological polar surface area (TPSA) is 52.3 Å². The van der Waals surface area contributed by atoms with Crippen LogP contribution in [0.3, 0.4) is 0 Å². The van der Waals surface area contributed by atoms with Crippen molar-refractivity contribution in [2.24, 2.45) is 5.73 Å². The van der Waals surface area contributed by atoms with E-state index < -0.39 is 6.09 Å². The standard InChI is InChI=1S/C17H35NO2/c1-3-5-7-9-10-11-13-15-16(20-17(18)19)14-12-8-6-4-2/h16H,3-15H2,1-2H3,(H2,18,19). The molecule has 0 saturated carbocycles. The number of hydrogen-bond donors (Lipinski definition) is 1. The number of carbonyl (C=O) groups is 1. The number of rotatable bonds is 14. The Balaban J connectivity index is 3.61. The van der Waals surface area contributed by atoms with Crippen LogP contribution in [0.4, 0.5) is 4.79 Å². The first kappa shape index (κ1) is 19.3. The van der Waals surface area contributed by atoms with Crippen LogP contribution in [0.15, 0.2) is 0 Å². The molecule has 0 spiro atoms. The van der Waals surface area contributed by atoms with E-state index in [1.54, 1.807) is 0 Å². The Hall–Kier alpha value is -0.730. The monoisotopic (exact) mass is 285 g/mol. The molecule has 1 unspecified atom stereocenters. The molecule has 0 aromatic rings. The summed E-state index contributed by atoms with van der Waals surface area (Å²) >= 11 is 0. The van der Waals surface area contributed by atoms with Crippen LogP contribution < -0.4 is 5.73 Å². The second-order valence-corrected chi connectivity index (χ2v) is 5.82. The van der Waals surface area contributed by atoms with Gasteiger partial charge in [0.25, 0.3) is 0 Å². The van der Waals surface area contributed by atoms with Crippen LogP contribution in [-0.2, 0) is 4.74 Å². The maximum Gasteiger partial charge on any atom is 0.404 e. The fourth-order valence-corrected chi connectivity index (χ4v) is 2.55. The lowest BCUT2D eigenvalue weighted by Crippen LogP contribution is -2.22. The van der Waals surface area contributed by atoms with Crippen molar-refractivity contribution in [3.63, 3.8) is 0 Å². The molecule has 0 aliphatic heterocycles. The van der Waals surface area contributed by atoms with E-state index >= 15 is 0 Å². The van der Waals surface area contributed by atoms with Gasteiger partial charge in [0.2, 0.25) is 0 Å². The van der Waals surface area contributed by atoms with Crippen LogP contribution >= 0.6 is 0 Å². The van der Waals surface area contributed by atoms with Gasteiger partial charge in [-0.25, -0.2) is 4.79 Å². The molecule has 0 aliphatic carbocycles. The third kappa shape index (κ3) is 13.7. The van der Waals surface area contributed by atoms with Gasteiger partial charge in [-0.3, -0.25) is 0 Å². The molecule has 0 aromatic heterocycles. The van der Waals surface area contributed by atoms with Crippen molar-refractivity contribution in [2.45, 2.75) is 103 Å². The summed E-state index contributed by atoms with van der Waals surface area (Å²) in [7, 11) is 0. The summed E-state index contributed by atoms with van der Waals surface area (Å²) in [6, 6.07) is 0. The molecule has 0 rings (SSSR count). The van der Waals surface area contributed by atoms with Gasteiger partial charge in [0.05, 0.1) is 0 Å². The Morgan fingerprint density at radius 2 is 1.20 bits per heavy atom. The molecular formula is C17H35NO2. The number of ether oxygens (including phenoxy) is 1. The SMILES string of the molecule is CCCCCCCCCC(CCCCCC)OC(N)=O. The summed E-state index contributed by atoms with van der Waals surface area (Å²) in [5, 5.41) is 0. The van der Waals surface area contributed by atoms with E-state index in [1.165, 1.54) is 57.8 Å². The van der Waals surface area contributed by atoms with Crippen LogP contribution in [0.5, 0.6) is 0 Å². The molecule has 20 heavy (non-hydrogen) atoms. The maximum atomic E-state index is 10.9. The number of primary amides is 1. The van der Waals surface area contributed by atoms with Crippen molar-refractivity contribution < 1.29 is 9.53 Å². The molecule has 0 aromatic carbocycles. The predicted molar refractivity (Wildman–Crippen MR) is 85.8 cm³/mol. The predicted octanol–water partition coefficient (Wildman–Crippen LogP) is 5.56. The highest BCUT2D eigenvalue weighted by molar-refractivity contribution is 5.64. The van der Waals surface area contributed by atoms with Crippen LogP contribution in [0, 0.1) is 0 Å². The van der Waals surface area contributed by atoms with E-state index in [0.29, 0.717) is 0 Å². The first-order valence-electron chi connectivity index (χ1n) is 8.66. The average Bonchev–Trinajstić information content (AvgIpc) is 2.41. The lowest BCUT2D eigenvalue weighted by Gasteiger charge is -2.16. The summed E-state index contributed by atoms with van der Waals surface area (Å²) in [4.78, 5) is 10.9. The molecule has 0 radical (unpaired) electrons. The molecule has 0 saturated heterocycles. The Labute approximate surface area is 125 Å². The second-order valence-electron chi connectivity index (χ2n) is 5.82. The number of unbranched alkanes of at least 4 members (excludes halogenated alkanes) is 9. The lowest BCUT2D eigenvalue weighted by atomic mass is 10.0. The molecule has 0 bridgehead atoms. The smallest absolute Gasteiger partial charge is 0.404 e. The van der Waals surface area contributed by atoms with Crippen LogP contribution in [0.25, 0.3) is 0 Å². The molecule has 3 heteroatoms. The van der Waals surface area contributed by atoms with Gasteiger partial charge in [0, 0.05) is 0 Å². The van der Waals surface area contributed by atoms with Crippen molar-refractivity contribution in [1.29, 1.82) is 0 Å². The Morgan fingerprint density at radius 3 is 1.65 bits per heavy atom. The molecule has 3 nitrogen and oxygen atoms in total. The van der Waals surface area contributed by atoms with Crippen LogP contribution in [0.2, 0.25) is 0 Å². The minimum Gasteiger partial charge on any atom is -0.446 e. The average molecular weight is 285 g/mol. The Morgan fingerprint density at radius 1 is 0.800 bits per heavy atom. The van der Waals surface area contributed by atoms with Gasteiger partial charge >= 0.3 is 6.09 Å². The van der Waals surface area contributed by atoms with Crippen molar-refractivity contribution in [3.05, 3.63) is 0 Å². The number of hydrogen-bond acceptors (Lipinski definition) is 2. The zero-order valence-electron chi connectivity index (χ0n) is 13.7. The molecule has 1 atom stereocenters. The van der Waals surface area contributed by atoms with Gasteiger partial charge in [-0.2, -0.15) is 0 Å². The Bertz CT molecular complexity index is 219. The van der Waals surface area contributed by atoms with Gasteiger partial charge in [0.15, 0.2) is 0 Å². The molecular weight excluding hydrogens is 250 g/mol. The third-order valence-corrected chi connectivity index (χ3v) is 3.79. The fraction of sp³-hybridized carbons (Fsp3) is 0.941. The summed E-state index contributed by atoms with van der Waals surface area (Å²) < 4.78 is 5.21. The number of carbonyl (C=O) groups excluding carboxylic acids is 1. The zero-order chi connectivity index (χ0) is 15.1. The van der Waals surface area contributed by atoms with E-state index in [0.717, 1.165) is 25.7 Å². The highest BCUT2D eigenvalue weighted by atomic mass is 16.6. The fourth-order valence-electron chi connectivity index (χ4n) is 2.55. The quantitative estimate of drug-likeness (QED) is 0.425. The molecule has 2 N–H and O–H groups in total. The molecule has 0 aliphatic rings. The van der Waals surface area contributed by atoms with Gasteiger partial charge in [0.1, 0.15) is 6.10 Å². The van der Waals surface area contributed by atoms with E-state index in [-0.39, 0.29) is 6.10 Å². The van der Waals surface area contributed by atoms with Crippen molar-refractivity contribution >= 4 is 6.09 Å². The van der Waals surface area contributed by atoms with Gasteiger partial charge < -0.3 is 10.5 Å². The summed E-state index contributed by atoms with van der Waals surface area (Å²) in [5.41, 5.74) is 5.15. The highest BCUT2D eigenvalue weighted by Crippen LogP contribution is 2.16. The largest absolute Gasteiger partial charge is 0.446 e. The van der Waals surface area contributed by atoms with Crippen molar-refractivity contribution in [1.82, 2.24) is 0 Å². The van der Waals surface area contributed by atoms with Crippen molar-refractivity contribution in [3.8, 4) is 0 Å². The second kappa shape index (κ2) is 14.7. The molecule has 1 amide bonds. The van der Waals surface area contributed by atoms with Crippen molar-refractivity contribution in [2.75, 3.05) is 0 Å². The summed E-state index contributed by atoms with van der Waals surface area (Å²) in [6.07, 6.45) is 15.3. The maximum absolute atomic E-state index is 10.9. The van der Waals surface area contributed by atoms with E-state index in [9.17, 15) is 4.79 Å². The third-order valence-electron chi connectivity index (χ3n) is 3.79. The van der Waals surface area contributed by atoms with Crippen LogP contribution in [0.1, 0.15) is 97.3 Å². The van der Waals surface area contributed by atoms with Gasteiger partial charge in [-0.1, -0.05) is 71.6 Å². The number of nitrogens with two attached hydrogens (primary N) is 1. The normalized spacial score (nSPS) is 12.3. The molecule has 120 valence electrons. The van der Waals surface area contributed by atoms with E-state index in [2.05, 4.69) is 13.8 Å². The van der Waals surface area contributed by atoms with Gasteiger partial charge in [-0.15, -0.1) is 0 Å². The summed E-state index contributed by atoms with van der Waals surface area (Å²) in [5.74, 6) is 0. The van der Waals surface area contributed by atoms with E-state index in [1.807, 2.05) is 0 Å². The van der Waals surface area contributed by atoms with Crippen LogP contribution in [-0.4, -0.2) is 12.2 Å². The zero-order valence-corrected chi connectivity index (χ0v) is 13.7. The summed E-state index contributed by atoms with van der Waals surface area (Å²) in [6.45, 7) is 4.44. The Kier molecular flexibility index (Phi) is 14.1. The minimum absolute atomic E-state index is 0.0417. The van der Waals surface area contributed by atoms with Gasteiger partial charge in [-0.05, 0) is 25.7 Å². The molecule has 0 heterocycles. The first-order chi connectivity index (χ1) is 9.70. The minimum atomic E-state index is -0.617.